The average molecular weight is 1100 g/mol. The molecule has 0 unspecified atom stereocenters. The molecule has 0 saturated heterocycles. The second-order valence-electron chi connectivity index (χ2n) is 15.0. The first-order chi connectivity index (χ1) is 35.6. The van der Waals surface area contributed by atoms with Crippen LogP contribution < -0.4 is 16.1 Å². The summed E-state index contributed by atoms with van der Waals surface area (Å²) >= 11 is 3.47. The lowest BCUT2D eigenvalue weighted by Crippen LogP contribution is -2.32. The lowest BCUT2D eigenvalue weighted by Gasteiger charge is -2.11. The van der Waals surface area contributed by atoms with Crippen molar-refractivity contribution in [3.63, 3.8) is 0 Å². The van der Waals surface area contributed by atoms with E-state index in [1.165, 1.54) is 37.2 Å². The molecule has 0 aliphatic carbocycles. The van der Waals surface area contributed by atoms with Crippen molar-refractivity contribution in [2.24, 2.45) is 0 Å². The summed E-state index contributed by atoms with van der Waals surface area (Å²) in [5.41, 5.74) is 4.55. The quantitative estimate of drug-likeness (QED) is 0.0456. The molecule has 0 spiro atoms. The maximum absolute atomic E-state index is 14.6. The number of aliphatic hydroxyl groups excluding tert-OH is 2. The largest absolute Gasteiger partial charge is 0.491 e. The summed E-state index contributed by atoms with van der Waals surface area (Å²) in [5.74, 6) is -4.55. The summed E-state index contributed by atoms with van der Waals surface area (Å²) in [6.45, 7) is 0.523. The number of nitrogens with zero attached hydrogens (tertiary/aromatic N) is 12. The third-order valence-corrected chi connectivity index (χ3v) is 10.7. The van der Waals surface area contributed by atoms with Gasteiger partial charge in [-0.1, -0.05) is 6.07 Å². The normalized spacial score (nSPS) is 11.2. The van der Waals surface area contributed by atoms with Gasteiger partial charge in [-0.3, -0.25) is 0 Å². The van der Waals surface area contributed by atoms with Crippen molar-refractivity contribution in [2.75, 3.05) is 23.8 Å². The summed E-state index contributed by atoms with van der Waals surface area (Å²) < 4.78 is 117. The number of benzene rings is 4. The van der Waals surface area contributed by atoms with E-state index in [0.29, 0.717) is 46.1 Å². The SMILES string of the molecule is OB(O)c1ccc(F)cc1F.OCCn1cnc2c(-c3ccc(F)cc3F)cc(Nc3ncc(-c4nnc(C(F)F)o4)cn3)cc21.OCCn1cnc2c(Br)cc(Nc3ncc(-c4nnc(C(F)F)o4)cn3)cc21. The Bertz CT molecular complexity index is 3540. The monoisotopic (exact) mass is 1090 g/mol. The molecule has 0 aliphatic heterocycles. The van der Waals surface area contributed by atoms with Gasteiger partial charge in [-0.05, 0) is 58.4 Å². The van der Waals surface area contributed by atoms with Gasteiger partial charge in [-0.15, -0.1) is 20.4 Å². The Kier molecular flexibility index (Phi) is 16.2. The number of hydrogen-bond donors (Lipinski definition) is 6. The average Bonchev–Trinajstić information content (AvgIpc) is 4.21. The Morgan fingerprint density at radius 3 is 1.50 bits per heavy atom. The van der Waals surface area contributed by atoms with Gasteiger partial charge in [0.2, 0.25) is 11.9 Å². The van der Waals surface area contributed by atoms with Crippen molar-refractivity contribution in [1.82, 2.24) is 59.4 Å². The third-order valence-electron chi connectivity index (χ3n) is 10.1. The summed E-state index contributed by atoms with van der Waals surface area (Å²) in [4.78, 5) is 25.2. The van der Waals surface area contributed by atoms with Gasteiger partial charge in [0.1, 0.15) is 28.8 Å². The van der Waals surface area contributed by atoms with Crippen LogP contribution in [0, 0.1) is 23.3 Å². The number of alkyl halides is 4. The molecule has 4 aromatic carbocycles. The number of hydrogen-bond acceptors (Lipinski definition) is 18. The number of fused-ring (bicyclic) bond motifs is 2. The van der Waals surface area contributed by atoms with Crippen LogP contribution in [-0.2, 0) is 13.1 Å². The van der Waals surface area contributed by atoms with Crippen LogP contribution in [0.2, 0.25) is 0 Å². The predicted octanol–water partition coefficient (Wildman–Crippen LogP) is 7.45. The molecule has 30 heteroatoms. The molecule has 6 N–H and O–H groups in total. The summed E-state index contributed by atoms with van der Waals surface area (Å²) in [7, 11) is -1.89. The van der Waals surface area contributed by atoms with Crippen LogP contribution in [-0.4, -0.2) is 100 Å². The van der Waals surface area contributed by atoms with Crippen LogP contribution in [0.15, 0.2) is 111 Å². The highest BCUT2D eigenvalue weighted by Crippen LogP contribution is 2.35. The van der Waals surface area contributed by atoms with E-state index < -0.39 is 55.0 Å². The molecular formula is C44H32BBrF8N14O6. The molecule has 0 fully saturated rings. The van der Waals surface area contributed by atoms with Gasteiger partial charge >= 0.3 is 20.0 Å². The number of aliphatic hydroxyl groups is 2. The molecule has 0 aliphatic rings. The van der Waals surface area contributed by atoms with Crippen LogP contribution in [0.25, 0.3) is 56.1 Å². The van der Waals surface area contributed by atoms with E-state index >= 15 is 0 Å². The summed E-state index contributed by atoms with van der Waals surface area (Å²) in [6.07, 6.45) is 2.84. The fourth-order valence-corrected chi connectivity index (χ4v) is 7.32. The minimum absolute atomic E-state index is 0.00570. The standard InChI is InChI=1S/C22H15F4N7O2.C16H12BrF2N7O2.C6H5BF2O2/c23-12-1-2-14(16(24)5-12)15-6-13(7-17-18(15)29-10-33(17)3-4-34)30-22-27-8-11(9-28-22)20-31-32-21(35-20)19(25)26;17-10-3-9(4-11-12(10)22-7-26(11)1-2-27)23-16-20-5-8(6-21-16)14-24-25-15(28-14)13(18)19;8-4-1-2-5(7(10)11)6(9)3-4/h1-2,5-10,19,34H,3-4H2,(H,27,28,30);3-7,13,27H,1-2H2,(H,20,21,23);1-3,10-11H. The number of nitrogens with one attached hydrogen (secondary N) is 2. The molecule has 10 aromatic rings. The fourth-order valence-electron chi connectivity index (χ4n) is 6.77. The molecule has 0 saturated carbocycles. The minimum Gasteiger partial charge on any atom is -0.423 e. The Hall–Kier alpha value is -8.32. The van der Waals surface area contributed by atoms with Crippen molar-refractivity contribution in [3.05, 3.63) is 138 Å². The molecule has 0 atom stereocenters. The van der Waals surface area contributed by atoms with Gasteiger partial charge in [-0.25, -0.2) is 47.5 Å². The fraction of sp³-hybridized carbons (Fsp3) is 0.136. The Labute approximate surface area is 417 Å². The molecule has 6 aromatic heterocycles. The Morgan fingerprint density at radius 1 is 0.568 bits per heavy atom. The molecule has 380 valence electrons. The van der Waals surface area contributed by atoms with E-state index in [4.69, 9.17) is 24.0 Å². The first kappa shape index (κ1) is 52.0. The van der Waals surface area contributed by atoms with Crippen molar-refractivity contribution in [1.29, 1.82) is 0 Å². The molecular weight excluding hydrogens is 1060 g/mol. The molecule has 6 heterocycles. The van der Waals surface area contributed by atoms with Crippen LogP contribution in [0.1, 0.15) is 24.6 Å². The van der Waals surface area contributed by atoms with Gasteiger partial charge in [-0.2, -0.15) is 17.6 Å². The zero-order valence-corrected chi connectivity index (χ0v) is 38.8. The second kappa shape index (κ2) is 23.0. The first-order valence-electron chi connectivity index (χ1n) is 21.1. The van der Waals surface area contributed by atoms with E-state index in [-0.39, 0.29) is 60.0 Å². The second-order valence-corrected chi connectivity index (χ2v) is 15.9. The van der Waals surface area contributed by atoms with Crippen molar-refractivity contribution < 1.29 is 64.2 Å². The number of aromatic nitrogens is 12. The van der Waals surface area contributed by atoms with Gasteiger partial charge in [0.15, 0.2) is 0 Å². The molecule has 10 rings (SSSR count). The molecule has 0 radical (unpaired) electrons. The van der Waals surface area contributed by atoms with Crippen molar-refractivity contribution >= 4 is 73.8 Å². The summed E-state index contributed by atoms with van der Waals surface area (Å²) in [6, 6.07) is 12.8. The minimum atomic E-state index is -2.90. The maximum atomic E-state index is 14.6. The van der Waals surface area contributed by atoms with Crippen LogP contribution in [0.5, 0.6) is 0 Å². The first-order valence-corrected chi connectivity index (χ1v) is 21.9. The van der Waals surface area contributed by atoms with E-state index in [1.54, 1.807) is 23.0 Å². The molecule has 20 nitrogen and oxygen atoms in total. The highest BCUT2D eigenvalue weighted by Gasteiger charge is 2.21. The molecule has 0 amide bonds. The highest BCUT2D eigenvalue weighted by atomic mass is 79.9. The molecule has 0 bridgehead atoms. The predicted molar refractivity (Wildman–Crippen MR) is 250 cm³/mol. The Morgan fingerprint density at radius 2 is 1.04 bits per heavy atom. The van der Waals surface area contributed by atoms with E-state index in [1.807, 2.05) is 16.7 Å². The smallest absolute Gasteiger partial charge is 0.423 e. The molecule has 74 heavy (non-hydrogen) atoms. The van der Waals surface area contributed by atoms with Crippen LogP contribution in [0.4, 0.5) is 58.4 Å². The number of imidazole rings is 2. The summed E-state index contributed by atoms with van der Waals surface area (Å²) in [5, 5.41) is 55.2. The number of halogens is 9. The topological polar surface area (TPSA) is 270 Å². The number of anilines is 4. The highest BCUT2D eigenvalue weighted by molar-refractivity contribution is 9.10. The number of rotatable bonds is 14. The van der Waals surface area contributed by atoms with Crippen molar-refractivity contribution in [2.45, 2.75) is 25.9 Å². The maximum Gasteiger partial charge on any atom is 0.491 e. The van der Waals surface area contributed by atoms with Crippen LogP contribution >= 0.6 is 15.9 Å². The van der Waals surface area contributed by atoms with Crippen molar-refractivity contribution in [3.8, 4) is 34.0 Å². The van der Waals surface area contributed by atoms with Gasteiger partial charge < -0.3 is 48.9 Å². The van der Waals surface area contributed by atoms with Gasteiger partial charge in [0.25, 0.3) is 23.6 Å². The Balaban J connectivity index is 0.000000166. The van der Waals surface area contributed by atoms with Gasteiger partial charge in [0.05, 0.1) is 53.5 Å². The van der Waals surface area contributed by atoms with Gasteiger partial charge in [0, 0.05) is 82.4 Å². The zero-order valence-electron chi connectivity index (χ0n) is 37.2. The third kappa shape index (κ3) is 12.1. The van der Waals surface area contributed by atoms with E-state index in [0.717, 1.165) is 39.8 Å². The lowest BCUT2D eigenvalue weighted by molar-refractivity contribution is 0.115. The lowest BCUT2D eigenvalue weighted by atomic mass is 9.80. The van der Waals surface area contributed by atoms with Crippen LogP contribution in [0.3, 0.4) is 0 Å². The zero-order chi connectivity index (χ0) is 52.6. The van der Waals surface area contributed by atoms with E-state index in [2.05, 4.69) is 76.9 Å². The van der Waals surface area contributed by atoms with E-state index in [9.17, 15) is 40.2 Å².